The van der Waals surface area contributed by atoms with Gasteiger partial charge >= 0.3 is 0 Å². The number of amides is 2. The zero-order valence-corrected chi connectivity index (χ0v) is 17.0. The molecule has 30 heavy (non-hydrogen) atoms. The van der Waals surface area contributed by atoms with Crippen molar-refractivity contribution < 1.29 is 18.4 Å². The molecule has 0 unspecified atom stereocenters. The second-order valence-corrected chi connectivity index (χ2v) is 7.22. The van der Waals surface area contributed by atoms with E-state index in [9.17, 15) is 14.0 Å². The molecule has 10 heteroatoms. The number of nitrogens with one attached hydrogen (secondary N) is 2. The van der Waals surface area contributed by atoms with E-state index in [0.717, 1.165) is 17.3 Å². The zero-order valence-electron chi connectivity index (χ0n) is 16.2. The molecule has 3 aromatic rings. The summed E-state index contributed by atoms with van der Waals surface area (Å²) in [6.45, 7) is 6.01. The molecule has 2 N–H and O–H groups in total. The van der Waals surface area contributed by atoms with Crippen LogP contribution in [0, 0.1) is 12.7 Å². The Labute approximate surface area is 176 Å². The molecule has 2 heterocycles. The van der Waals surface area contributed by atoms with Crippen LogP contribution < -0.4 is 10.6 Å². The van der Waals surface area contributed by atoms with Gasteiger partial charge in [-0.25, -0.2) is 4.39 Å². The SMILES string of the molecule is C=CCn1c(CNC(=O)c2ccco2)nnc1SCC(=O)Nc1ccc(C)cc1F. The fourth-order valence-corrected chi connectivity index (χ4v) is 3.33. The van der Waals surface area contributed by atoms with E-state index in [1.54, 1.807) is 35.8 Å². The van der Waals surface area contributed by atoms with Crippen molar-refractivity contribution in [2.24, 2.45) is 0 Å². The van der Waals surface area contributed by atoms with Gasteiger partial charge < -0.3 is 19.6 Å². The molecule has 0 aliphatic carbocycles. The van der Waals surface area contributed by atoms with Crippen LogP contribution >= 0.6 is 11.8 Å². The van der Waals surface area contributed by atoms with Crippen LogP contribution in [0.25, 0.3) is 0 Å². The minimum Gasteiger partial charge on any atom is -0.459 e. The lowest BCUT2D eigenvalue weighted by Crippen LogP contribution is -2.24. The number of carbonyl (C=O) groups is 2. The molecule has 2 aromatic heterocycles. The van der Waals surface area contributed by atoms with Crippen molar-refractivity contribution in [3.8, 4) is 0 Å². The van der Waals surface area contributed by atoms with Crippen LogP contribution in [0.3, 0.4) is 0 Å². The van der Waals surface area contributed by atoms with Gasteiger partial charge in [0.2, 0.25) is 5.91 Å². The summed E-state index contributed by atoms with van der Waals surface area (Å²) < 4.78 is 20.7. The number of hydrogen-bond donors (Lipinski definition) is 2. The summed E-state index contributed by atoms with van der Waals surface area (Å²) in [6, 6.07) is 7.77. The van der Waals surface area contributed by atoms with Crippen molar-refractivity contribution in [2.45, 2.75) is 25.2 Å². The molecule has 0 aliphatic rings. The van der Waals surface area contributed by atoms with Gasteiger partial charge in [0, 0.05) is 6.54 Å². The van der Waals surface area contributed by atoms with E-state index in [4.69, 9.17) is 4.42 Å². The Morgan fingerprint density at radius 1 is 1.33 bits per heavy atom. The van der Waals surface area contributed by atoms with Crippen molar-refractivity contribution in [1.29, 1.82) is 0 Å². The molecular weight excluding hydrogens is 409 g/mol. The van der Waals surface area contributed by atoms with Gasteiger partial charge in [0.1, 0.15) is 5.82 Å². The monoisotopic (exact) mass is 429 g/mol. The number of allylic oxidation sites excluding steroid dienone is 1. The molecule has 0 radical (unpaired) electrons. The Hall–Kier alpha value is -3.40. The highest BCUT2D eigenvalue weighted by molar-refractivity contribution is 7.99. The summed E-state index contributed by atoms with van der Waals surface area (Å²) in [7, 11) is 0. The first-order valence-corrected chi connectivity index (χ1v) is 10.00. The lowest BCUT2D eigenvalue weighted by atomic mass is 10.2. The highest BCUT2D eigenvalue weighted by Crippen LogP contribution is 2.19. The normalized spacial score (nSPS) is 10.6. The van der Waals surface area contributed by atoms with Crippen molar-refractivity contribution in [1.82, 2.24) is 20.1 Å². The number of nitrogens with zero attached hydrogens (tertiary/aromatic N) is 3. The third-order valence-electron chi connectivity index (χ3n) is 3.99. The van der Waals surface area contributed by atoms with Crippen molar-refractivity contribution >= 4 is 29.3 Å². The van der Waals surface area contributed by atoms with E-state index in [2.05, 4.69) is 27.4 Å². The Kier molecular flexibility index (Phi) is 7.02. The van der Waals surface area contributed by atoms with E-state index in [1.165, 1.54) is 18.4 Å². The summed E-state index contributed by atoms with van der Waals surface area (Å²) in [5.41, 5.74) is 0.893. The topological polar surface area (TPSA) is 102 Å². The molecule has 0 saturated carbocycles. The van der Waals surface area contributed by atoms with Crippen LogP contribution in [0.15, 0.2) is 58.8 Å². The number of hydrogen-bond acceptors (Lipinski definition) is 6. The van der Waals surface area contributed by atoms with Gasteiger partial charge in [0.15, 0.2) is 16.7 Å². The van der Waals surface area contributed by atoms with Crippen LogP contribution in [0.1, 0.15) is 21.9 Å². The molecule has 3 rings (SSSR count). The first-order valence-electron chi connectivity index (χ1n) is 9.01. The first kappa shape index (κ1) is 21.3. The van der Waals surface area contributed by atoms with Gasteiger partial charge in [-0.15, -0.1) is 16.8 Å². The molecule has 156 valence electrons. The highest BCUT2D eigenvalue weighted by atomic mass is 32.2. The van der Waals surface area contributed by atoms with Gasteiger partial charge in [-0.2, -0.15) is 0 Å². The van der Waals surface area contributed by atoms with E-state index < -0.39 is 5.82 Å². The molecule has 0 saturated heterocycles. The number of rotatable bonds is 9. The molecule has 1 aromatic carbocycles. The number of furan rings is 1. The van der Waals surface area contributed by atoms with Gasteiger partial charge in [-0.1, -0.05) is 23.9 Å². The zero-order chi connectivity index (χ0) is 21.5. The average Bonchev–Trinajstić information content (AvgIpc) is 3.38. The van der Waals surface area contributed by atoms with Gasteiger partial charge in [0.25, 0.3) is 5.91 Å². The summed E-state index contributed by atoms with van der Waals surface area (Å²) in [5.74, 6) is -0.522. The Morgan fingerprint density at radius 3 is 2.87 bits per heavy atom. The standard InChI is InChI=1S/C20H20FN5O3S/c1-3-8-26-17(11-22-19(28)16-5-4-9-29-16)24-25-20(26)30-12-18(27)23-15-7-6-13(2)10-14(15)21/h3-7,9-10H,1,8,11-12H2,2H3,(H,22,28)(H,23,27). The Bertz CT molecular complexity index is 1050. The molecule has 0 atom stereocenters. The largest absolute Gasteiger partial charge is 0.459 e. The second kappa shape index (κ2) is 9.88. The van der Waals surface area contributed by atoms with Crippen LogP contribution in [0.4, 0.5) is 10.1 Å². The first-order chi connectivity index (χ1) is 14.5. The van der Waals surface area contributed by atoms with E-state index in [1.807, 2.05) is 0 Å². The van der Waals surface area contributed by atoms with Gasteiger partial charge in [-0.05, 0) is 36.8 Å². The van der Waals surface area contributed by atoms with E-state index in [-0.39, 0.29) is 35.6 Å². The smallest absolute Gasteiger partial charge is 0.287 e. The van der Waals surface area contributed by atoms with Crippen LogP contribution in [0.5, 0.6) is 0 Å². The quantitative estimate of drug-likeness (QED) is 0.400. The van der Waals surface area contributed by atoms with E-state index >= 15 is 0 Å². The average molecular weight is 429 g/mol. The number of thioether (sulfide) groups is 1. The molecule has 0 spiro atoms. The summed E-state index contributed by atoms with van der Waals surface area (Å²) in [5, 5.41) is 13.9. The number of aryl methyl sites for hydroxylation is 1. The van der Waals surface area contributed by atoms with Crippen molar-refractivity contribution in [2.75, 3.05) is 11.1 Å². The molecule has 0 aliphatic heterocycles. The van der Waals surface area contributed by atoms with Gasteiger partial charge in [0.05, 0.1) is 24.2 Å². The maximum atomic E-state index is 13.9. The number of carbonyl (C=O) groups excluding carboxylic acids is 2. The Balaban J connectivity index is 1.60. The fraction of sp³-hybridized carbons (Fsp3) is 0.200. The second-order valence-electron chi connectivity index (χ2n) is 6.28. The minimum atomic E-state index is -0.488. The number of anilines is 1. The number of benzene rings is 1. The van der Waals surface area contributed by atoms with E-state index in [0.29, 0.717) is 17.5 Å². The Morgan fingerprint density at radius 2 is 2.17 bits per heavy atom. The third kappa shape index (κ3) is 5.35. The molecule has 8 nitrogen and oxygen atoms in total. The van der Waals surface area contributed by atoms with Crippen LogP contribution in [-0.4, -0.2) is 32.3 Å². The third-order valence-corrected chi connectivity index (χ3v) is 4.95. The molecule has 0 bridgehead atoms. The summed E-state index contributed by atoms with van der Waals surface area (Å²) in [6.07, 6.45) is 3.07. The number of halogens is 1. The summed E-state index contributed by atoms with van der Waals surface area (Å²) >= 11 is 1.15. The highest BCUT2D eigenvalue weighted by Gasteiger charge is 2.16. The van der Waals surface area contributed by atoms with Crippen LogP contribution in [0.2, 0.25) is 0 Å². The fourth-order valence-electron chi connectivity index (χ4n) is 2.56. The van der Waals surface area contributed by atoms with Crippen LogP contribution in [-0.2, 0) is 17.9 Å². The molecule has 2 amide bonds. The lowest BCUT2D eigenvalue weighted by Gasteiger charge is -2.09. The maximum absolute atomic E-state index is 13.9. The number of aromatic nitrogens is 3. The minimum absolute atomic E-state index is 0.0152. The molecule has 0 fully saturated rings. The summed E-state index contributed by atoms with van der Waals surface area (Å²) in [4.78, 5) is 24.2. The molecular formula is C20H20FN5O3S. The predicted molar refractivity (Wildman–Crippen MR) is 111 cm³/mol. The lowest BCUT2D eigenvalue weighted by molar-refractivity contribution is -0.113. The maximum Gasteiger partial charge on any atom is 0.287 e. The van der Waals surface area contributed by atoms with Crippen molar-refractivity contribution in [3.63, 3.8) is 0 Å². The van der Waals surface area contributed by atoms with Gasteiger partial charge in [-0.3, -0.25) is 9.59 Å². The predicted octanol–water partition coefficient (Wildman–Crippen LogP) is 3.17. The van der Waals surface area contributed by atoms with Crippen molar-refractivity contribution in [3.05, 3.63) is 72.2 Å².